The van der Waals surface area contributed by atoms with Gasteiger partial charge in [0.05, 0.1) is 0 Å². The third-order valence-electron chi connectivity index (χ3n) is 2.24. The van der Waals surface area contributed by atoms with E-state index in [2.05, 4.69) is 5.32 Å². The minimum atomic E-state index is -1.07. The van der Waals surface area contributed by atoms with E-state index in [0.29, 0.717) is 6.54 Å². The Kier molecular flexibility index (Phi) is 6.69. The molecular weight excluding hydrogens is 226 g/mol. The molecule has 0 aliphatic heterocycles. The van der Waals surface area contributed by atoms with E-state index in [1.165, 1.54) is 16.8 Å². The molecule has 2 N–H and O–H groups in total. The molecule has 98 valence electrons. The largest absolute Gasteiger partial charge is 0.480 e. The van der Waals surface area contributed by atoms with Crippen LogP contribution in [-0.2, 0) is 9.59 Å². The Morgan fingerprint density at radius 3 is 1.88 bits per heavy atom. The average molecular weight is 245 g/mol. The first-order valence-corrected chi connectivity index (χ1v) is 5.42. The summed E-state index contributed by atoms with van der Waals surface area (Å²) in [5, 5.41) is 11.1. The van der Waals surface area contributed by atoms with Crippen LogP contribution in [0.15, 0.2) is 0 Å². The quantitative estimate of drug-likeness (QED) is 0.665. The lowest BCUT2D eigenvalue weighted by Crippen LogP contribution is -2.48. The van der Waals surface area contributed by atoms with Gasteiger partial charge < -0.3 is 20.2 Å². The van der Waals surface area contributed by atoms with Gasteiger partial charge in [0.2, 0.25) is 5.91 Å². The van der Waals surface area contributed by atoms with E-state index in [-0.39, 0.29) is 25.5 Å². The number of amides is 3. The molecule has 0 aliphatic carbocycles. The van der Waals surface area contributed by atoms with Crippen molar-refractivity contribution in [2.45, 2.75) is 13.8 Å². The molecule has 3 amide bonds. The summed E-state index contributed by atoms with van der Waals surface area (Å²) in [7, 11) is 1.48. The lowest BCUT2D eigenvalue weighted by molar-refractivity contribution is -0.137. The minimum absolute atomic E-state index is 0.0675. The first kappa shape index (κ1) is 15.2. The van der Waals surface area contributed by atoms with Crippen molar-refractivity contribution in [3.8, 4) is 0 Å². The highest BCUT2D eigenvalue weighted by Gasteiger charge is 2.21. The number of hydrogen-bond acceptors (Lipinski definition) is 3. The van der Waals surface area contributed by atoms with Crippen LogP contribution in [0, 0.1) is 0 Å². The number of carboxylic acids is 1. The summed E-state index contributed by atoms with van der Waals surface area (Å²) < 4.78 is 0. The zero-order valence-corrected chi connectivity index (χ0v) is 10.4. The molecular formula is C10H19N3O4. The van der Waals surface area contributed by atoms with Gasteiger partial charge in [-0.2, -0.15) is 0 Å². The van der Waals surface area contributed by atoms with Crippen LogP contribution in [0.4, 0.5) is 4.79 Å². The van der Waals surface area contributed by atoms with Crippen molar-refractivity contribution in [3.05, 3.63) is 0 Å². The van der Waals surface area contributed by atoms with Gasteiger partial charge in [0.25, 0.3) is 0 Å². The van der Waals surface area contributed by atoms with Gasteiger partial charge in [-0.3, -0.25) is 9.59 Å². The number of urea groups is 1. The Balaban J connectivity index is 4.58. The fourth-order valence-corrected chi connectivity index (χ4v) is 1.25. The fourth-order valence-electron chi connectivity index (χ4n) is 1.25. The van der Waals surface area contributed by atoms with Crippen molar-refractivity contribution in [2.24, 2.45) is 0 Å². The molecule has 0 heterocycles. The maximum Gasteiger partial charge on any atom is 0.323 e. The van der Waals surface area contributed by atoms with Crippen molar-refractivity contribution in [1.29, 1.82) is 0 Å². The molecule has 0 fully saturated rings. The normalized spacial score (nSPS) is 9.59. The molecule has 0 radical (unpaired) electrons. The molecule has 0 bridgehead atoms. The number of aliphatic carboxylic acids is 1. The second kappa shape index (κ2) is 7.48. The molecule has 0 unspecified atom stereocenters. The van der Waals surface area contributed by atoms with Crippen LogP contribution >= 0.6 is 0 Å². The van der Waals surface area contributed by atoms with Crippen LogP contribution in [0.5, 0.6) is 0 Å². The molecule has 7 nitrogen and oxygen atoms in total. The molecule has 0 saturated heterocycles. The zero-order valence-electron chi connectivity index (χ0n) is 10.4. The van der Waals surface area contributed by atoms with Crippen LogP contribution in [-0.4, -0.2) is 66.0 Å². The molecule has 0 aromatic rings. The Labute approximate surface area is 100 Å². The first-order valence-electron chi connectivity index (χ1n) is 5.42. The Morgan fingerprint density at radius 1 is 1.06 bits per heavy atom. The summed E-state index contributed by atoms with van der Waals surface area (Å²) in [4.78, 5) is 36.1. The highest BCUT2D eigenvalue weighted by atomic mass is 16.4. The molecule has 0 aromatic heterocycles. The molecule has 0 rings (SSSR count). The van der Waals surface area contributed by atoms with E-state index < -0.39 is 12.0 Å². The maximum atomic E-state index is 11.9. The maximum absolute atomic E-state index is 11.9. The van der Waals surface area contributed by atoms with E-state index >= 15 is 0 Å². The molecule has 0 spiro atoms. The van der Waals surface area contributed by atoms with Gasteiger partial charge >= 0.3 is 12.0 Å². The van der Waals surface area contributed by atoms with E-state index in [9.17, 15) is 14.4 Å². The molecule has 0 atom stereocenters. The Hall–Kier alpha value is -1.79. The third kappa shape index (κ3) is 5.19. The number of nitrogens with zero attached hydrogens (tertiary/aromatic N) is 2. The van der Waals surface area contributed by atoms with Crippen LogP contribution in [0.3, 0.4) is 0 Å². The van der Waals surface area contributed by atoms with Crippen molar-refractivity contribution < 1.29 is 19.5 Å². The minimum Gasteiger partial charge on any atom is -0.480 e. The zero-order chi connectivity index (χ0) is 13.4. The molecule has 0 aromatic carbocycles. The molecule has 0 saturated carbocycles. The second-order valence-electron chi connectivity index (χ2n) is 3.38. The SMILES string of the molecule is CCN(CC(=O)O)C(=O)N(CC)CC(=O)NC. The second-order valence-corrected chi connectivity index (χ2v) is 3.38. The van der Waals surface area contributed by atoms with Gasteiger partial charge in [-0.25, -0.2) is 4.79 Å². The number of nitrogens with one attached hydrogen (secondary N) is 1. The number of rotatable bonds is 6. The van der Waals surface area contributed by atoms with E-state index in [0.717, 1.165) is 0 Å². The number of carbonyl (C=O) groups is 3. The first-order chi connectivity index (χ1) is 7.96. The van der Waals surface area contributed by atoms with E-state index in [4.69, 9.17) is 5.11 Å². The third-order valence-corrected chi connectivity index (χ3v) is 2.24. The molecule has 7 heteroatoms. The van der Waals surface area contributed by atoms with Crippen molar-refractivity contribution in [3.63, 3.8) is 0 Å². The number of carboxylic acid groups (broad SMARTS) is 1. The van der Waals surface area contributed by atoms with Gasteiger partial charge in [-0.1, -0.05) is 0 Å². The van der Waals surface area contributed by atoms with Crippen LogP contribution in [0.2, 0.25) is 0 Å². The summed E-state index contributed by atoms with van der Waals surface area (Å²) in [6, 6.07) is -0.444. The summed E-state index contributed by atoms with van der Waals surface area (Å²) >= 11 is 0. The Bertz CT molecular complexity index is 293. The predicted octanol–water partition coefficient (Wildman–Crippen LogP) is -0.419. The standard InChI is InChI=1S/C10H19N3O4/c1-4-12(6-8(14)11-3)10(17)13(5-2)7-9(15)16/h4-7H2,1-3H3,(H,11,14)(H,15,16). The fraction of sp³-hybridized carbons (Fsp3) is 0.700. The lowest BCUT2D eigenvalue weighted by Gasteiger charge is -2.27. The summed E-state index contributed by atoms with van der Waals surface area (Å²) in [5.41, 5.74) is 0. The van der Waals surface area contributed by atoms with Crippen molar-refractivity contribution in [2.75, 3.05) is 33.2 Å². The van der Waals surface area contributed by atoms with Gasteiger partial charge in [0, 0.05) is 20.1 Å². The predicted molar refractivity (Wildman–Crippen MR) is 61.6 cm³/mol. The van der Waals surface area contributed by atoms with Crippen LogP contribution < -0.4 is 5.32 Å². The topological polar surface area (TPSA) is 90.0 Å². The van der Waals surface area contributed by atoms with E-state index in [1.54, 1.807) is 13.8 Å². The van der Waals surface area contributed by atoms with Gasteiger partial charge in [0.15, 0.2) is 0 Å². The van der Waals surface area contributed by atoms with Crippen LogP contribution in [0.1, 0.15) is 13.8 Å². The van der Waals surface area contributed by atoms with Crippen molar-refractivity contribution in [1.82, 2.24) is 15.1 Å². The number of hydrogen-bond donors (Lipinski definition) is 2. The monoisotopic (exact) mass is 245 g/mol. The van der Waals surface area contributed by atoms with Gasteiger partial charge in [-0.05, 0) is 13.8 Å². The lowest BCUT2D eigenvalue weighted by atomic mass is 10.4. The smallest absolute Gasteiger partial charge is 0.323 e. The molecule has 0 aliphatic rings. The van der Waals surface area contributed by atoms with Crippen molar-refractivity contribution >= 4 is 17.9 Å². The molecule has 17 heavy (non-hydrogen) atoms. The highest BCUT2D eigenvalue weighted by Crippen LogP contribution is 1.99. The number of likely N-dealkylation sites (N-methyl/N-ethyl adjacent to an activating group) is 3. The summed E-state index contributed by atoms with van der Waals surface area (Å²) in [5.74, 6) is -1.36. The summed E-state index contributed by atoms with van der Waals surface area (Å²) in [6.45, 7) is 3.63. The van der Waals surface area contributed by atoms with E-state index in [1.807, 2.05) is 0 Å². The van der Waals surface area contributed by atoms with Gasteiger partial charge in [0.1, 0.15) is 13.1 Å². The Morgan fingerprint density at radius 2 is 1.53 bits per heavy atom. The highest BCUT2D eigenvalue weighted by molar-refractivity contribution is 5.85. The van der Waals surface area contributed by atoms with Crippen LogP contribution in [0.25, 0.3) is 0 Å². The van der Waals surface area contributed by atoms with Gasteiger partial charge in [-0.15, -0.1) is 0 Å². The average Bonchev–Trinajstić information content (AvgIpc) is 2.31. The number of carbonyl (C=O) groups excluding carboxylic acids is 2. The summed E-state index contributed by atoms with van der Waals surface area (Å²) in [6.07, 6.45) is 0.